The minimum atomic E-state index is -1.51. The Bertz CT molecular complexity index is 635. The number of hydrogen-bond acceptors (Lipinski definition) is 5. The van der Waals surface area contributed by atoms with Crippen LogP contribution in [0.15, 0.2) is 12.2 Å². The highest BCUT2D eigenvalue weighted by Gasteiger charge is 2.55. The molecule has 2 heterocycles. The molecule has 2 aliphatic heterocycles. The largest absolute Gasteiger partial charge is 0.481 e. The van der Waals surface area contributed by atoms with Crippen molar-refractivity contribution in [1.82, 2.24) is 9.80 Å². The lowest BCUT2D eigenvalue weighted by Gasteiger charge is -2.45. The Kier molecular flexibility index (Phi) is 3.98. The van der Waals surface area contributed by atoms with Crippen LogP contribution in [0.2, 0.25) is 0 Å². The van der Waals surface area contributed by atoms with E-state index in [1.165, 1.54) is 0 Å². The standard InChI is InChI=1S/C16H18N2O6/c19-11-4-5-12(20)17(11)9-16(15(23)24)8-2-1-3-10(16)18-13(21)6-7-14(18)22/h4-5,10H,1-3,6-9H2,(H,23,24). The SMILES string of the molecule is O=C1C=CC(=O)N1CC1(C(=O)O)CCCCC1N1C(=O)CCC1=O. The number of carbonyl (C=O) groups excluding carboxylic acids is 4. The topological polar surface area (TPSA) is 112 Å². The van der Waals surface area contributed by atoms with Gasteiger partial charge in [-0.1, -0.05) is 12.8 Å². The summed E-state index contributed by atoms with van der Waals surface area (Å²) in [5.41, 5.74) is -1.51. The maximum atomic E-state index is 12.1. The fourth-order valence-corrected chi connectivity index (χ4v) is 3.91. The summed E-state index contributed by atoms with van der Waals surface area (Å²) in [4.78, 5) is 62.0. The van der Waals surface area contributed by atoms with Gasteiger partial charge in [0.2, 0.25) is 11.8 Å². The molecule has 0 aromatic carbocycles. The molecule has 0 radical (unpaired) electrons. The fourth-order valence-electron chi connectivity index (χ4n) is 3.91. The zero-order valence-corrected chi connectivity index (χ0v) is 13.1. The van der Waals surface area contributed by atoms with E-state index < -0.39 is 29.2 Å². The van der Waals surface area contributed by atoms with E-state index in [9.17, 15) is 29.1 Å². The molecule has 24 heavy (non-hydrogen) atoms. The second kappa shape index (κ2) is 5.85. The second-order valence-corrected chi connectivity index (χ2v) is 6.48. The van der Waals surface area contributed by atoms with Gasteiger partial charge in [0, 0.05) is 31.5 Å². The van der Waals surface area contributed by atoms with Gasteiger partial charge in [0.25, 0.3) is 11.8 Å². The molecule has 1 N–H and O–H groups in total. The average molecular weight is 334 g/mol. The second-order valence-electron chi connectivity index (χ2n) is 6.48. The Hall–Kier alpha value is -2.51. The third-order valence-corrected chi connectivity index (χ3v) is 5.16. The van der Waals surface area contributed by atoms with Gasteiger partial charge in [0.1, 0.15) is 5.41 Å². The van der Waals surface area contributed by atoms with E-state index in [2.05, 4.69) is 0 Å². The van der Waals surface area contributed by atoms with E-state index in [0.29, 0.717) is 19.3 Å². The molecular formula is C16H18N2O6. The van der Waals surface area contributed by atoms with Crippen molar-refractivity contribution >= 4 is 29.6 Å². The Morgan fingerprint density at radius 1 is 1.08 bits per heavy atom. The molecule has 2 fully saturated rings. The third kappa shape index (κ3) is 2.42. The number of nitrogens with zero attached hydrogens (tertiary/aromatic N) is 2. The molecule has 0 spiro atoms. The van der Waals surface area contributed by atoms with Crippen LogP contribution in [-0.4, -0.2) is 57.1 Å². The number of aliphatic carboxylic acids is 1. The zero-order valence-electron chi connectivity index (χ0n) is 13.1. The maximum absolute atomic E-state index is 12.1. The first-order chi connectivity index (χ1) is 11.4. The van der Waals surface area contributed by atoms with Gasteiger partial charge in [-0.3, -0.25) is 33.8 Å². The van der Waals surface area contributed by atoms with E-state index in [4.69, 9.17) is 0 Å². The Balaban J connectivity index is 1.97. The number of imide groups is 2. The van der Waals surface area contributed by atoms with Crippen molar-refractivity contribution in [2.24, 2.45) is 5.41 Å². The van der Waals surface area contributed by atoms with E-state index in [0.717, 1.165) is 22.0 Å². The number of carboxylic acid groups (broad SMARTS) is 1. The number of likely N-dealkylation sites (tertiary alicyclic amines) is 1. The lowest BCUT2D eigenvalue weighted by atomic mass is 9.69. The molecule has 0 bridgehead atoms. The van der Waals surface area contributed by atoms with Crippen LogP contribution >= 0.6 is 0 Å². The quantitative estimate of drug-likeness (QED) is 0.728. The molecule has 1 saturated carbocycles. The summed E-state index contributed by atoms with van der Waals surface area (Å²) in [5, 5.41) is 9.91. The number of amides is 4. The van der Waals surface area contributed by atoms with Crippen molar-refractivity contribution in [2.45, 2.75) is 44.6 Å². The summed E-state index contributed by atoms with van der Waals surface area (Å²) >= 11 is 0. The maximum Gasteiger partial charge on any atom is 0.313 e. The number of rotatable bonds is 4. The summed E-state index contributed by atoms with van der Waals surface area (Å²) < 4.78 is 0. The van der Waals surface area contributed by atoms with Crippen LogP contribution in [0.3, 0.4) is 0 Å². The van der Waals surface area contributed by atoms with Crippen molar-refractivity contribution in [3.8, 4) is 0 Å². The summed E-state index contributed by atoms with van der Waals surface area (Å²) in [6.45, 7) is -0.325. The fraction of sp³-hybridized carbons (Fsp3) is 0.562. The molecule has 0 aromatic heterocycles. The molecule has 4 amide bonds. The van der Waals surface area contributed by atoms with Gasteiger partial charge >= 0.3 is 5.97 Å². The molecule has 8 nitrogen and oxygen atoms in total. The van der Waals surface area contributed by atoms with E-state index >= 15 is 0 Å². The molecule has 128 valence electrons. The number of carboxylic acids is 1. The molecule has 1 saturated heterocycles. The lowest BCUT2D eigenvalue weighted by molar-refractivity contribution is -0.164. The first-order valence-electron chi connectivity index (χ1n) is 7.98. The first kappa shape index (κ1) is 16.4. The Morgan fingerprint density at radius 3 is 2.21 bits per heavy atom. The summed E-state index contributed by atoms with van der Waals surface area (Å²) in [6, 6.07) is -0.826. The molecule has 1 aliphatic carbocycles. The van der Waals surface area contributed by atoms with Crippen molar-refractivity contribution < 1.29 is 29.1 Å². The van der Waals surface area contributed by atoms with E-state index in [-0.39, 0.29) is 37.6 Å². The van der Waals surface area contributed by atoms with Crippen LogP contribution < -0.4 is 0 Å². The van der Waals surface area contributed by atoms with E-state index in [1.54, 1.807) is 0 Å². The monoisotopic (exact) mass is 334 g/mol. The molecule has 8 heteroatoms. The van der Waals surface area contributed by atoms with Crippen molar-refractivity contribution in [2.75, 3.05) is 6.54 Å². The van der Waals surface area contributed by atoms with Crippen LogP contribution in [-0.2, 0) is 24.0 Å². The lowest BCUT2D eigenvalue weighted by Crippen LogP contribution is -2.60. The third-order valence-electron chi connectivity index (χ3n) is 5.16. The first-order valence-corrected chi connectivity index (χ1v) is 7.98. The zero-order chi connectivity index (χ0) is 17.5. The van der Waals surface area contributed by atoms with Gasteiger partial charge in [-0.05, 0) is 12.8 Å². The molecule has 2 atom stereocenters. The normalized spacial score (nSPS) is 30.6. The summed E-state index contributed by atoms with van der Waals surface area (Å²) in [7, 11) is 0. The van der Waals surface area contributed by atoms with Gasteiger partial charge in [0.05, 0.1) is 6.04 Å². The minimum Gasteiger partial charge on any atom is -0.481 e. The van der Waals surface area contributed by atoms with Crippen molar-refractivity contribution in [3.05, 3.63) is 12.2 Å². The van der Waals surface area contributed by atoms with Gasteiger partial charge in [0.15, 0.2) is 0 Å². The Morgan fingerprint density at radius 2 is 1.67 bits per heavy atom. The van der Waals surface area contributed by atoms with E-state index in [1.807, 2.05) is 0 Å². The average Bonchev–Trinajstić information content (AvgIpc) is 3.04. The molecule has 2 unspecified atom stereocenters. The highest BCUT2D eigenvalue weighted by Crippen LogP contribution is 2.42. The number of hydrogen-bond donors (Lipinski definition) is 1. The molecule has 0 aromatic rings. The van der Waals surface area contributed by atoms with Crippen molar-refractivity contribution in [1.29, 1.82) is 0 Å². The summed E-state index contributed by atoms with van der Waals surface area (Å²) in [6.07, 6.45) is 4.22. The molecular weight excluding hydrogens is 316 g/mol. The van der Waals surface area contributed by atoms with Crippen LogP contribution in [0.4, 0.5) is 0 Å². The smallest absolute Gasteiger partial charge is 0.313 e. The highest BCUT2D eigenvalue weighted by atomic mass is 16.4. The highest BCUT2D eigenvalue weighted by molar-refractivity contribution is 6.13. The van der Waals surface area contributed by atoms with Gasteiger partial charge in [-0.2, -0.15) is 0 Å². The van der Waals surface area contributed by atoms with Gasteiger partial charge < -0.3 is 5.11 Å². The van der Waals surface area contributed by atoms with Crippen LogP contribution in [0.25, 0.3) is 0 Å². The van der Waals surface area contributed by atoms with Gasteiger partial charge in [-0.15, -0.1) is 0 Å². The molecule has 3 aliphatic rings. The molecule has 3 rings (SSSR count). The number of carbonyl (C=O) groups is 5. The Labute approximate surface area is 138 Å². The van der Waals surface area contributed by atoms with Crippen LogP contribution in [0.1, 0.15) is 38.5 Å². The minimum absolute atomic E-state index is 0.0775. The van der Waals surface area contributed by atoms with Crippen LogP contribution in [0.5, 0.6) is 0 Å². The van der Waals surface area contributed by atoms with Crippen LogP contribution in [0, 0.1) is 5.41 Å². The van der Waals surface area contributed by atoms with Gasteiger partial charge in [-0.25, -0.2) is 0 Å². The summed E-state index contributed by atoms with van der Waals surface area (Å²) in [5.74, 6) is -3.08. The predicted molar refractivity (Wildman–Crippen MR) is 79.3 cm³/mol. The predicted octanol–water partition coefficient (Wildman–Crippen LogP) is 0.0740. The van der Waals surface area contributed by atoms with Crippen molar-refractivity contribution in [3.63, 3.8) is 0 Å².